The number of hydrogen-bond donors (Lipinski definition) is 1. The van der Waals surface area contributed by atoms with E-state index in [2.05, 4.69) is 5.32 Å². The van der Waals surface area contributed by atoms with Crippen LogP contribution in [0.2, 0.25) is 5.02 Å². The molecule has 1 N–H and O–H groups in total. The molecule has 0 aromatic heterocycles. The van der Waals surface area contributed by atoms with Crippen molar-refractivity contribution in [3.8, 4) is 11.5 Å². The molecule has 0 bridgehead atoms. The molecule has 166 valence electrons. The normalized spacial score (nSPS) is 15.3. The van der Waals surface area contributed by atoms with Crippen LogP contribution in [0.15, 0.2) is 66.7 Å². The van der Waals surface area contributed by atoms with Gasteiger partial charge in [-0.15, -0.1) is 0 Å². The molecule has 1 atom stereocenters. The van der Waals surface area contributed by atoms with Gasteiger partial charge in [-0.05, 0) is 74.4 Å². The third-order valence-electron chi connectivity index (χ3n) is 5.32. The number of halogens is 1. The van der Waals surface area contributed by atoms with Crippen molar-refractivity contribution in [2.75, 3.05) is 15.4 Å². The van der Waals surface area contributed by atoms with Crippen LogP contribution in [-0.4, -0.2) is 26.1 Å². The number of nitrogens with zero attached hydrogens (tertiary/aromatic N) is 1. The van der Waals surface area contributed by atoms with E-state index in [0.717, 1.165) is 5.56 Å². The summed E-state index contributed by atoms with van der Waals surface area (Å²) in [6.45, 7) is 3.49. The van der Waals surface area contributed by atoms with E-state index >= 15 is 0 Å². The van der Waals surface area contributed by atoms with Crippen LogP contribution < -0.4 is 14.4 Å². The molecule has 1 aliphatic heterocycles. The third kappa shape index (κ3) is 4.45. The molecule has 0 radical (unpaired) electrons. The van der Waals surface area contributed by atoms with Crippen molar-refractivity contribution in [1.29, 1.82) is 0 Å². The van der Waals surface area contributed by atoms with E-state index in [-0.39, 0.29) is 17.7 Å². The number of sulfonamides is 1. The second-order valence-electron chi connectivity index (χ2n) is 7.60. The van der Waals surface area contributed by atoms with Gasteiger partial charge in [0.2, 0.25) is 10.0 Å². The lowest BCUT2D eigenvalue weighted by Gasteiger charge is -2.23. The van der Waals surface area contributed by atoms with Crippen molar-refractivity contribution in [1.82, 2.24) is 0 Å². The van der Waals surface area contributed by atoms with E-state index in [1.165, 1.54) is 4.31 Å². The lowest BCUT2D eigenvalue weighted by atomic mass is 10.1. The summed E-state index contributed by atoms with van der Waals surface area (Å²) in [5.41, 5.74) is 2.33. The van der Waals surface area contributed by atoms with E-state index in [9.17, 15) is 13.2 Å². The summed E-state index contributed by atoms with van der Waals surface area (Å²) >= 11 is 6.15. The molecule has 6 nitrogen and oxygen atoms in total. The summed E-state index contributed by atoms with van der Waals surface area (Å²) in [7, 11) is -3.38. The topological polar surface area (TPSA) is 75.7 Å². The van der Waals surface area contributed by atoms with Gasteiger partial charge in [0.25, 0.3) is 5.91 Å². The van der Waals surface area contributed by atoms with E-state index in [1.807, 2.05) is 37.3 Å². The first-order chi connectivity index (χ1) is 15.3. The molecular weight excluding hydrogens is 448 g/mol. The van der Waals surface area contributed by atoms with Gasteiger partial charge in [-0.1, -0.05) is 29.8 Å². The molecule has 0 saturated carbocycles. The first-order valence-corrected chi connectivity index (χ1v) is 12.3. The lowest BCUT2D eigenvalue weighted by Crippen LogP contribution is -2.36. The molecule has 32 heavy (non-hydrogen) atoms. The number of amides is 1. The summed E-state index contributed by atoms with van der Waals surface area (Å²) < 4.78 is 32.3. The minimum atomic E-state index is -3.38. The smallest absolute Gasteiger partial charge is 0.255 e. The molecule has 1 heterocycles. The predicted molar refractivity (Wildman–Crippen MR) is 127 cm³/mol. The van der Waals surface area contributed by atoms with Gasteiger partial charge >= 0.3 is 0 Å². The maximum Gasteiger partial charge on any atom is 0.255 e. The summed E-state index contributed by atoms with van der Waals surface area (Å²) in [4.78, 5) is 13.0. The van der Waals surface area contributed by atoms with E-state index < -0.39 is 10.0 Å². The predicted octanol–water partition coefficient (Wildman–Crippen LogP) is 5.49. The van der Waals surface area contributed by atoms with Crippen molar-refractivity contribution >= 4 is 38.9 Å². The van der Waals surface area contributed by atoms with Gasteiger partial charge in [0.05, 0.1) is 17.1 Å². The van der Waals surface area contributed by atoms with E-state index in [0.29, 0.717) is 39.9 Å². The molecule has 0 fully saturated rings. The SMILES string of the molecule is CCS(=O)(=O)N1c2ccc(C(=O)Nc3cc(Cl)ccc3Oc3ccccc3)cc2C[C@@H]1C. The van der Waals surface area contributed by atoms with E-state index in [4.69, 9.17) is 16.3 Å². The van der Waals surface area contributed by atoms with Crippen molar-refractivity contribution < 1.29 is 17.9 Å². The Morgan fingerprint density at radius 1 is 1.12 bits per heavy atom. The standard InChI is InChI=1S/C24H23ClN2O4S/c1-3-32(29,30)27-16(2)13-18-14-17(9-11-22(18)27)24(28)26-21-15-19(25)10-12-23(21)31-20-7-5-4-6-8-20/h4-12,14-16H,3,13H2,1-2H3,(H,26,28)/t16-/m0/s1. The number of anilines is 2. The van der Waals surface area contributed by atoms with Crippen LogP contribution in [0.5, 0.6) is 11.5 Å². The zero-order chi connectivity index (χ0) is 22.9. The van der Waals surface area contributed by atoms with E-state index in [1.54, 1.807) is 43.3 Å². The molecule has 0 saturated heterocycles. The Hall–Kier alpha value is -3.03. The van der Waals surface area contributed by atoms with Crippen LogP contribution in [-0.2, 0) is 16.4 Å². The fourth-order valence-corrected chi connectivity index (χ4v) is 5.36. The number of fused-ring (bicyclic) bond motifs is 1. The van der Waals surface area contributed by atoms with Crippen LogP contribution >= 0.6 is 11.6 Å². The van der Waals surface area contributed by atoms with Gasteiger partial charge in [-0.3, -0.25) is 9.10 Å². The first kappa shape index (κ1) is 22.2. The number of nitrogens with one attached hydrogen (secondary N) is 1. The lowest BCUT2D eigenvalue weighted by molar-refractivity contribution is 0.102. The Balaban J connectivity index is 1.60. The maximum atomic E-state index is 13.0. The molecule has 3 aromatic carbocycles. The van der Waals surface area contributed by atoms with Crippen LogP contribution in [0.3, 0.4) is 0 Å². The molecule has 3 aromatic rings. The van der Waals surface area contributed by atoms with Crippen molar-refractivity contribution in [3.63, 3.8) is 0 Å². The Morgan fingerprint density at radius 2 is 1.88 bits per heavy atom. The largest absolute Gasteiger partial charge is 0.455 e. The van der Waals surface area contributed by atoms with Gasteiger partial charge in [-0.25, -0.2) is 8.42 Å². The zero-order valence-corrected chi connectivity index (χ0v) is 19.3. The van der Waals surface area contributed by atoms with Crippen LogP contribution in [0.1, 0.15) is 29.8 Å². The Bertz CT molecular complexity index is 1260. The molecule has 0 unspecified atom stereocenters. The summed E-state index contributed by atoms with van der Waals surface area (Å²) in [6.07, 6.45) is 0.551. The van der Waals surface area contributed by atoms with Gasteiger partial charge in [0.15, 0.2) is 5.75 Å². The number of hydrogen-bond acceptors (Lipinski definition) is 4. The molecule has 1 aliphatic rings. The highest BCUT2D eigenvalue weighted by Gasteiger charge is 2.34. The van der Waals surface area contributed by atoms with Gasteiger partial charge in [0.1, 0.15) is 5.75 Å². The molecule has 0 aliphatic carbocycles. The Kier molecular flexibility index (Phi) is 6.13. The van der Waals surface area contributed by atoms with Gasteiger partial charge in [0, 0.05) is 16.6 Å². The zero-order valence-electron chi connectivity index (χ0n) is 17.7. The Morgan fingerprint density at radius 3 is 2.59 bits per heavy atom. The van der Waals surface area contributed by atoms with Gasteiger partial charge < -0.3 is 10.1 Å². The average molecular weight is 471 g/mol. The third-order valence-corrected chi connectivity index (χ3v) is 7.44. The molecule has 8 heteroatoms. The quantitative estimate of drug-likeness (QED) is 0.517. The van der Waals surface area contributed by atoms with Crippen LogP contribution in [0.25, 0.3) is 0 Å². The maximum absolute atomic E-state index is 13.0. The van der Waals surface area contributed by atoms with Crippen molar-refractivity contribution in [3.05, 3.63) is 82.9 Å². The first-order valence-electron chi connectivity index (χ1n) is 10.3. The highest BCUT2D eigenvalue weighted by Crippen LogP contribution is 2.36. The fourth-order valence-electron chi connectivity index (χ4n) is 3.81. The number of benzene rings is 3. The Labute approximate surface area is 192 Å². The molecular formula is C24H23ClN2O4S. The highest BCUT2D eigenvalue weighted by molar-refractivity contribution is 7.92. The van der Waals surface area contributed by atoms with Crippen molar-refractivity contribution in [2.24, 2.45) is 0 Å². The number of rotatable bonds is 6. The molecule has 0 spiro atoms. The minimum Gasteiger partial charge on any atom is -0.455 e. The molecule has 1 amide bonds. The number of carbonyl (C=O) groups is 1. The number of carbonyl (C=O) groups excluding carboxylic acids is 1. The minimum absolute atomic E-state index is 0.0258. The summed E-state index contributed by atoms with van der Waals surface area (Å²) in [5, 5.41) is 3.32. The van der Waals surface area contributed by atoms with Crippen molar-refractivity contribution in [2.45, 2.75) is 26.3 Å². The van der Waals surface area contributed by atoms with Gasteiger partial charge in [-0.2, -0.15) is 0 Å². The average Bonchev–Trinajstić information content (AvgIpc) is 3.12. The van der Waals surface area contributed by atoms with Crippen LogP contribution in [0, 0.1) is 0 Å². The molecule has 4 rings (SSSR count). The second-order valence-corrected chi connectivity index (χ2v) is 10.2. The van der Waals surface area contributed by atoms with Crippen LogP contribution in [0.4, 0.5) is 11.4 Å². The summed E-state index contributed by atoms with van der Waals surface area (Å²) in [6, 6.07) is 19.1. The highest BCUT2D eigenvalue weighted by atomic mass is 35.5. The second kappa shape index (κ2) is 8.84. The number of para-hydroxylation sites is 1. The fraction of sp³-hybridized carbons (Fsp3) is 0.208. The number of ether oxygens (including phenoxy) is 1. The monoisotopic (exact) mass is 470 g/mol. The summed E-state index contributed by atoms with van der Waals surface area (Å²) in [5.74, 6) is 0.785.